The number of hydrogen-bond donors (Lipinski definition) is 1. The van der Waals surface area contributed by atoms with Gasteiger partial charge in [-0.05, 0) is 18.1 Å². The topological polar surface area (TPSA) is 63.2 Å². The molecule has 106 valence electrons. The molecule has 0 radical (unpaired) electrons. The Hall–Kier alpha value is -1.20. The fraction of sp³-hybridized carbons (Fsp3) is 0.500. The number of nitrogens with one attached hydrogen (secondary N) is 1. The molecule has 19 heavy (non-hydrogen) atoms. The SMILES string of the molecule is CCCNS(=O)(=O)c1ccccc1CC(=O)C(C)C. The number of sulfonamides is 1. The first-order chi connectivity index (χ1) is 8.88. The molecule has 0 unspecified atom stereocenters. The van der Waals surface area contributed by atoms with Gasteiger partial charge in [-0.1, -0.05) is 39.0 Å². The summed E-state index contributed by atoms with van der Waals surface area (Å²) in [5.41, 5.74) is 0.560. The summed E-state index contributed by atoms with van der Waals surface area (Å²) in [6.07, 6.45) is 0.882. The fourth-order valence-corrected chi connectivity index (χ4v) is 2.99. The molecule has 0 heterocycles. The van der Waals surface area contributed by atoms with E-state index in [-0.39, 0.29) is 23.0 Å². The van der Waals surface area contributed by atoms with Gasteiger partial charge in [0.05, 0.1) is 4.90 Å². The van der Waals surface area contributed by atoms with Gasteiger partial charge in [0.15, 0.2) is 0 Å². The summed E-state index contributed by atoms with van der Waals surface area (Å²) < 4.78 is 26.8. The van der Waals surface area contributed by atoms with Crippen molar-refractivity contribution in [3.8, 4) is 0 Å². The van der Waals surface area contributed by atoms with Crippen LogP contribution in [0.3, 0.4) is 0 Å². The third-order valence-electron chi connectivity index (χ3n) is 2.81. The van der Waals surface area contributed by atoms with Gasteiger partial charge in [-0.3, -0.25) is 4.79 Å². The minimum Gasteiger partial charge on any atom is -0.299 e. The fourth-order valence-electron chi connectivity index (χ4n) is 1.62. The van der Waals surface area contributed by atoms with Crippen molar-refractivity contribution in [2.45, 2.75) is 38.5 Å². The van der Waals surface area contributed by atoms with Crippen LogP contribution in [0.1, 0.15) is 32.8 Å². The number of rotatable bonds is 7. The minimum absolute atomic E-state index is 0.0399. The van der Waals surface area contributed by atoms with Crippen LogP contribution in [0.15, 0.2) is 29.2 Å². The monoisotopic (exact) mass is 283 g/mol. The molecule has 0 aromatic heterocycles. The highest BCUT2D eigenvalue weighted by Gasteiger charge is 2.19. The number of ketones is 1. The predicted octanol–water partition coefficient (Wildman–Crippen LogP) is 2.14. The molecule has 0 aliphatic carbocycles. The van der Waals surface area contributed by atoms with Crippen molar-refractivity contribution in [2.75, 3.05) is 6.54 Å². The molecule has 5 heteroatoms. The Morgan fingerprint density at radius 2 is 1.89 bits per heavy atom. The number of benzene rings is 1. The zero-order chi connectivity index (χ0) is 14.5. The van der Waals surface area contributed by atoms with Crippen molar-refractivity contribution in [2.24, 2.45) is 5.92 Å². The van der Waals surface area contributed by atoms with Crippen molar-refractivity contribution in [1.82, 2.24) is 4.72 Å². The van der Waals surface area contributed by atoms with Crippen LogP contribution in [0.4, 0.5) is 0 Å². The Morgan fingerprint density at radius 3 is 2.47 bits per heavy atom. The predicted molar refractivity (Wildman–Crippen MR) is 75.5 cm³/mol. The van der Waals surface area contributed by atoms with Crippen LogP contribution in [0, 0.1) is 5.92 Å². The maximum Gasteiger partial charge on any atom is 0.240 e. The molecule has 0 fully saturated rings. The normalized spacial score (nSPS) is 11.8. The number of carbonyl (C=O) groups is 1. The van der Waals surface area contributed by atoms with Gasteiger partial charge in [-0.25, -0.2) is 13.1 Å². The van der Waals surface area contributed by atoms with E-state index in [2.05, 4.69) is 4.72 Å². The van der Waals surface area contributed by atoms with Crippen molar-refractivity contribution in [1.29, 1.82) is 0 Å². The summed E-state index contributed by atoms with van der Waals surface area (Å²) in [5, 5.41) is 0. The lowest BCUT2D eigenvalue weighted by Gasteiger charge is -2.11. The van der Waals surface area contributed by atoms with Gasteiger partial charge >= 0.3 is 0 Å². The molecule has 0 atom stereocenters. The van der Waals surface area contributed by atoms with Gasteiger partial charge in [0.1, 0.15) is 5.78 Å². The molecular formula is C14H21NO3S. The van der Waals surface area contributed by atoms with E-state index < -0.39 is 10.0 Å². The summed E-state index contributed by atoms with van der Waals surface area (Å²) in [7, 11) is -3.53. The number of carbonyl (C=O) groups excluding carboxylic acids is 1. The van der Waals surface area contributed by atoms with E-state index in [0.717, 1.165) is 6.42 Å². The van der Waals surface area contributed by atoms with Crippen molar-refractivity contribution >= 4 is 15.8 Å². The molecule has 0 saturated carbocycles. The van der Waals surface area contributed by atoms with E-state index in [4.69, 9.17) is 0 Å². The van der Waals surface area contributed by atoms with Crippen LogP contribution in [-0.2, 0) is 21.2 Å². The van der Waals surface area contributed by atoms with Crippen LogP contribution in [-0.4, -0.2) is 20.7 Å². The summed E-state index contributed by atoms with van der Waals surface area (Å²) in [5.74, 6) is -0.0579. The molecule has 1 aromatic carbocycles. The Kier molecular flexibility index (Phi) is 5.69. The van der Waals surface area contributed by atoms with Crippen molar-refractivity contribution < 1.29 is 13.2 Å². The zero-order valence-electron chi connectivity index (χ0n) is 11.6. The summed E-state index contributed by atoms with van der Waals surface area (Å²) >= 11 is 0. The first-order valence-electron chi connectivity index (χ1n) is 6.48. The molecule has 1 aromatic rings. The standard InChI is InChI=1S/C14H21NO3S/c1-4-9-15-19(17,18)14-8-6-5-7-12(14)10-13(16)11(2)3/h5-8,11,15H,4,9-10H2,1-3H3. The minimum atomic E-state index is -3.53. The van der Waals surface area contributed by atoms with E-state index in [1.54, 1.807) is 24.3 Å². The quantitative estimate of drug-likeness (QED) is 0.834. The molecule has 0 saturated heterocycles. The first kappa shape index (κ1) is 15.9. The molecule has 1 N–H and O–H groups in total. The third kappa shape index (κ3) is 4.44. The third-order valence-corrected chi connectivity index (χ3v) is 4.37. The van der Waals surface area contributed by atoms with Gasteiger partial charge in [0, 0.05) is 18.9 Å². The second-order valence-electron chi connectivity index (χ2n) is 4.80. The Morgan fingerprint density at radius 1 is 1.26 bits per heavy atom. The maximum absolute atomic E-state index is 12.1. The zero-order valence-corrected chi connectivity index (χ0v) is 12.5. The van der Waals surface area contributed by atoms with Crippen LogP contribution in [0.2, 0.25) is 0 Å². The van der Waals surface area contributed by atoms with Gasteiger partial charge in [0.2, 0.25) is 10.0 Å². The van der Waals surface area contributed by atoms with Gasteiger partial charge in [-0.15, -0.1) is 0 Å². The largest absolute Gasteiger partial charge is 0.299 e. The Bertz CT molecular complexity index is 535. The Balaban J connectivity index is 3.05. The molecule has 0 spiro atoms. The highest BCUT2D eigenvalue weighted by Crippen LogP contribution is 2.17. The van der Waals surface area contributed by atoms with E-state index in [1.165, 1.54) is 0 Å². The van der Waals surface area contributed by atoms with Crippen LogP contribution >= 0.6 is 0 Å². The molecule has 4 nitrogen and oxygen atoms in total. The Labute approximate surface area is 115 Å². The molecule has 0 aliphatic rings. The van der Waals surface area contributed by atoms with Gasteiger partial charge < -0.3 is 0 Å². The smallest absolute Gasteiger partial charge is 0.240 e. The summed E-state index contributed by atoms with van der Waals surface area (Å²) in [6, 6.07) is 6.66. The summed E-state index contributed by atoms with van der Waals surface area (Å²) in [4.78, 5) is 12.0. The van der Waals surface area contributed by atoms with E-state index in [0.29, 0.717) is 12.1 Å². The van der Waals surface area contributed by atoms with Crippen molar-refractivity contribution in [3.63, 3.8) is 0 Å². The lowest BCUT2D eigenvalue weighted by atomic mass is 10.0. The van der Waals surface area contributed by atoms with E-state index in [9.17, 15) is 13.2 Å². The van der Waals surface area contributed by atoms with Gasteiger partial charge in [0.25, 0.3) is 0 Å². The lowest BCUT2D eigenvalue weighted by molar-refractivity contribution is -0.121. The van der Waals surface area contributed by atoms with E-state index >= 15 is 0 Å². The highest BCUT2D eigenvalue weighted by molar-refractivity contribution is 7.89. The highest BCUT2D eigenvalue weighted by atomic mass is 32.2. The molecule has 0 amide bonds. The van der Waals surface area contributed by atoms with Crippen molar-refractivity contribution in [3.05, 3.63) is 29.8 Å². The average Bonchev–Trinajstić information content (AvgIpc) is 2.36. The van der Waals surface area contributed by atoms with E-state index in [1.807, 2.05) is 20.8 Å². The van der Waals surface area contributed by atoms with Crippen LogP contribution in [0.25, 0.3) is 0 Å². The molecule has 0 aliphatic heterocycles. The second kappa shape index (κ2) is 6.82. The molecular weight excluding hydrogens is 262 g/mol. The van der Waals surface area contributed by atoms with Crippen LogP contribution in [0.5, 0.6) is 0 Å². The second-order valence-corrected chi connectivity index (χ2v) is 6.54. The first-order valence-corrected chi connectivity index (χ1v) is 7.97. The lowest BCUT2D eigenvalue weighted by Crippen LogP contribution is -2.26. The summed E-state index contributed by atoms with van der Waals surface area (Å²) in [6.45, 7) is 5.93. The molecule has 1 rings (SSSR count). The molecule has 0 bridgehead atoms. The van der Waals surface area contributed by atoms with Gasteiger partial charge in [-0.2, -0.15) is 0 Å². The van der Waals surface area contributed by atoms with Crippen LogP contribution < -0.4 is 4.72 Å². The maximum atomic E-state index is 12.1. The number of hydrogen-bond acceptors (Lipinski definition) is 3. The average molecular weight is 283 g/mol. The number of Topliss-reactive ketones (excluding diaryl/α,β-unsaturated/α-hetero) is 1.